The number of aromatic nitrogens is 2. The van der Waals surface area contributed by atoms with Crippen LogP contribution in [0.4, 0.5) is 5.82 Å². The normalized spacial score (nSPS) is 16.6. The van der Waals surface area contributed by atoms with Gasteiger partial charge in [-0.1, -0.05) is 86.1 Å². The molecule has 0 radical (unpaired) electrons. The lowest BCUT2D eigenvalue weighted by atomic mass is 9.68. The number of hydrogen-bond donors (Lipinski definition) is 0. The highest BCUT2D eigenvalue weighted by molar-refractivity contribution is 7.71. The predicted molar refractivity (Wildman–Crippen MR) is 196 cm³/mol. The van der Waals surface area contributed by atoms with Crippen molar-refractivity contribution in [3.05, 3.63) is 152 Å². The summed E-state index contributed by atoms with van der Waals surface area (Å²) in [6.45, 7) is 6.76. The van der Waals surface area contributed by atoms with Crippen LogP contribution in [0.1, 0.15) is 54.9 Å². The van der Waals surface area contributed by atoms with Gasteiger partial charge in [-0.25, -0.2) is 0 Å². The van der Waals surface area contributed by atoms with Crippen molar-refractivity contribution in [2.75, 3.05) is 19.1 Å². The third-order valence-electron chi connectivity index (χ3n) is 9.54. The number of nitrogens with zero attached hydrogens (tertiary/aromatic N) is 3. The molecule has 248 valence electrons. The van der Waals surface area contributed by atoms with Gasteiger partial charge in [0, 0.05) is 42.3 Å². The Morgan fingerprint density at radius 2 is 1.39 bits per heavy atom. The molecule has 7 rings (SSSR count). The second-order valence-corrected chi connectivity index (χ2v) is 14.0. The summed E-state index contributed by atoms with van der Waals surface area (Å²) in [5.74, 6) is 1.35. The van der Waals surface area contributed by atoms with Gasteiger partial charge < -0.3 is 14.4 Å². The maximum atomic E-state index is 15.4. The van der Waals surface area contributed by atoms with E-state index in [9.17, 15) is 4.79 Å². The summed E-state index contributed by atoms with van der Waals surface area (Å²) in [6.07, 6.45) is 1.05. The average Bonchev–Trinajstić information content (AvgIpc) is 3.09. The zero-order chi connectivity index (χ0) is 34.4. The standard InChI is InChI=1S/C41H39N3O4S/c1-26-17-19-28(20-18-26)35-36-33(23-41(2,3)24-34(36)45)42(25-27-11-7-6-8-12-27)38-37(35)39(46)44(30-14-10-16-32(22-30)48-5)40(49)43(38)29-13-9-15-31(21-29)47-4/h6-22,35H,23-25H2,1-5H3. The van der Waals surface area contributed by atoms with Crippen LogP contribution in [0, 0.1) is 17.1 Å². The van der Waals surface area contributed by atoms with E-state index in [4.69, 9.17) is 21.7 Å². The number of anilines is 1. The lowest BCUT2D eigenvalue weighted by Crippen LogP contribution is -2.44. The molecule has 0 amide bonds. The van der Waals surface area contributed by atoms with Gasteiger partial charge in [0.1, 0.15) is 17.3 Å². The topological polar surface area (TPSA) is 65.7 Å². The molecule has 0 N–H and O–H groups in total. The van der Waals surface area contributed by atoms with Crippen molar-refractivity contribution in [3.8, 4) is 22.9 Å². The maximum absolute atomic E-state index is 15.4. The molecule has 5 aromatic rings. The summed E-state index contributed by atoms with van der Waals surface area (Å²) in [7, 11) is 3.23. The highest BCUT2D eigenvalue weighted by Gasteiger charge is 2.46. The summed E-state index contributed by atoms with van der Waals surface area (Å²) in [4.78, 5) is 32.0. The Morgan fingerprint density at radius 1 is 0.776 bits per heavy atom. The summed E-state index contributed by atoms with van der Waals surface area (Å²) < 4.78 is 15.1. The molecule has 1 unspecified atom stereocenters. The number of aryl methyl sites for hydroxylation is 1. The summed E-state index contributed by atoms with van der Waals surface area (Å²) >= 11 is 6.33. The molecule has 1 aliphatic heterocycles. The molecule has 2 aliphatic rings. The monoisotopic (exact) mass is 669 g/mol. The predicted octanol–water partition coefficient (Wildman–Crippen LogP) is 8.48. The Kier molecular flexibility index (Phi) is 8.36. The molecule has 0 fully saturated rings. The highest BCUT2D eigenvalue weighted by Crippen LogP contribution is 2.51. The molecule has 0 saturated carbocycles. The first-order valence-electron chi connectivity index (χ1n) is 16.5. The van der Waals surface area contributed by atoms with Gasteiger partial charge >= 0.3 is 0 Å². The van der Waals surface area contributed by atoms with E-state index in [0.29, 0.717) is 53.5 Å². The zero-order valence-corrected chi connectivity index (χ0v) is 29.2. The third kappa shape index (κ3) is 5.80. The van der Waals surface area contributed by atoms with E-state index < -0.39 is 5.92 Å². The number of allylic oxidation sites excluding steroid dienone is 2. The molecule has 4 aromatic carbocycles. The van der Waals surface area contributed by atoms with Crippen molar-refractivity contribution in [1.82, 2.24) is 9.13 Å². The van der Waals surface area contributed by atoms with Gasteiger partial charge in [0.15, 0.2) is 10.6 Å². The van der Waals surface area contributed by atoms with Crippen molar-refractivity contribution in [3.63, 3.8) is 0 Å². The molecular formula is C41H39N3O4S. The minimum Gasteiger partial charge on any atom is -0.497 e. The van der Waals surface area contributed by atoms with Gasteiger partial charge in [0.2, 0.25) is 0 Å². The molecule has 7 nitrogen and oxygen atoms in total. The van der Waals surface area contributed by atoms with Gasteiger partial charge in [-0.15, -0.1) is 0 Å². The minimum atomic E-state index is -0.613. The van der Waals surface area contributed by atoms with Crippen LogP contribution in [0.15, 0.2) is 119 Å². The number of rotatable bonds is 7. The third-order valence-corrected chi connectivity index (χ3v) is 9.91. The van der Waals surface area contributed by atoms with E-state index in [1.165, 1.54) is 0 Å². The van der Waals surface area contributed by atoms with Crippen molar-refractivity contribution >= 4 is 23.8 Å². The largest absolute Gasteiger partial charge is 0.497 e. The number of carbonyl (C=O) groups excluding carboxylic acids is 1. The Hall–Kier alpha value is -5.21. The smallest absolute Gasteiger partial charge is 0.265 e. The fourth-order valence-electron chi connectivity index (χ4n) is 7.26. The van der Waals surface area contributed by atoms with Crippen LogP contribution in [-0.2, 0) is 11.3 Å². The Balaban J connectivity index is 1.67. The molecule has 0 bridgehead atoms. The number of hydrogen-bond acceptors (Lipinski definition) is 6. The fraction of sp³-hybridized carbons (Fsp3) is 0.244. The number of carbonyl (C=O) groups is 1. The van der Waals surface area contributed by atoms with Gasteiger partial charge in [-0.05, 0) is 66.4 Å². The SMILES string of the molecule is COc1cccc(-n2c3c(c(=O)n(-c4cccc(OC)c4)c2=S)C(c2ccc(C)cc2)C2=C(CC(C)(C)CC2=O)N3Cc2ccccc2)c1. The fourth-order valence-corrected chi connectivity index (χ4v) is 7.64. The lowest BCUT2D eigenvalue weighted by molar-refractivity contribution is -0.118. The Labute approximate surface area is 291 Å². The van der Waals surface area contributed by atoms with Crippen LogP contribution < -0.4 is 19.9 Å². The average molecular weight is 670 g/mol. The van der Waals surface area contributed by atoms with E-state index in [2.05, 4.69) is 30.9 Å². The van der Waals surface area contributed by atoms with Crippen LogP contribution in [0.25, 0.3) is 11.4 Å². The number of fused-ring (bicyclic) bond motifs is 1. The summed E-state index contributed by atoms with van der Waals surface area (Å²) in [5.41, 5.74) is 5.87. The van der Waals surface area contributed by atoms with Crippen LogP contribution in [0.2, 0.25) is 0 Å². The minimum absolute atomic E-state index is 0.0586. The van der Waals surface area contributed by atoms with Crippen LogP contribution in [-0.4, -0.2) is 29.1 Å². The lowest BCUT2D eigenvalue weighted by Gasteiger charge is -2.45. The molecule has 8 heteroatoms. The second kappa shape index (κ2) is 12.7. The first-order valence-corrected chi connectivity index (χ1v) is 16.9. The van der Waals surface area contributed by atoms with E-state index in [-0.39, 0.29) is 21.5 Å². The van der Waals surface area contributed by atoms with Gasteiger partial charge in [0.25, 0.3) is 5.56 Å². The second-order valence-electron chi connectivity index (χ2n) is 13.6. The Bertz CT molecular complexity index is 2230. The number of benzene rings is 4. The number of Topliss-reactive ketones (excluding diaryl/α,β-unsaturated/α-hetero) is 1. The molecule has 0 saturated heterocycles. The van der Waals surface area contributed by atoms with E-state index in [1.54, 1.807) is 18.8 Å². The number of ketones is 1. The Morgan fingerprint density at radius 3 is 2.00 bits per heavy atom. The van der Waals surface area contributed by atoms with Crippen molar-refractivity contribution < 1.29 is 14.3 Å². The van der Waals surface area contributed by atoms with Gasteiger partial charge in [-0.2, -0.15) is 0 Å². The maximum Gasteiger partial charge on any atom is 0.265 e. The van der Waals surface area contributed by atoms with Crippen LogP contribution in [0.3, 0.4) is 0 Å². The quantitative estimate of drug-likeness (QED) is 0.162. The highest BCUT2D eigenvalue weighted by atomic mass is 32.1. The number of methoxy groups -OCH3 is 2. The molecule has 2 heterocycles. The number of ether oxygens (including phenoxy) is 2. The van der Waals surface area contributed by atoms with Gasteiger partial charge in [0.05, 0.1) is 31.2 Å². The van der Waals surface area contributed by atoms with Crippen molar-refractivity contribution in [2.24, 2.45) is 5.41 Å². The zero-order valence-electron chi connectivity index (χ0n) is 28.4. The van der Waals surface area contributed by atoms with E-state index in [0.717, 1.165) is 28.1 Å². The molecule has 1 atom stereocenters. The molecule has 1 aliphatic carbocycles. The summed E-state index contributed by atoms with van der Waals surface area (Å²) in [5, 5.41) is 0. The van der Waals surface area contributed by atoms with Crippen molar-refractivity contribution in [1.29, 1.82) is 0 Å². The molecular weight excluding hydrogens is 631 g/mol. The van der Waals surface area contributed by atoms with Crippen LogP contribution in [0.5, 0.6) is 11.5 Å². The van der Waals surface area contributed by atoms with Crippen molar-refractivity contribution in [2.45, 2.75) is 46.1 Å². The first kappa shape index (κ1) is 32.3. The molecule has 0 spiro atoms. The van der Waals surface area contributed by atoms with Crippen LogP contribution >= 0.6 is 12.2 Å². The molecule has 49 heavy (non-hydrogen) atoms. The van der Waals surface area contributed by atoms with Gasteiger partial charge in [-0.3, -0.25) is 18.7 Å². The molecule has 1 aromatic heterocycles. The first-order chi connectivity index (χ1) is 23.6. The summed E-state index contributed by atoms with van der Waals surface area (Å²) in [6, 6.07) is 33.4. The van der Waals surface area contributed by atoms with E-state index in [1.807, 2.05) is 102 Å². The van der Waals surface area contributed by atoms with E-state index >= 15 is 4.79 Å².